The summed E-state index contributed by atoms with van der Waals surface area (Å²) in [6, 6.07) is 0. The molecule has 0 saturated carbocycles. The molecule has 56 valence electrons. The smallest absolute Gasteiger partial charge is 0.00129 e. The van der Waals surface area contributed by atoms with E-state index in [-0.39, 0.29) is 0 Å². The van der Waals surface area contributed by atoms with Crippen molar-refractivity contribution in [1.29, 1.82) is 0 Å². The molecule has 0 aromatic rings. The van der Waals surface area contributed by atoms with Gasteiger partial charge in [-0.05, 0) is 31.7 Å². The van der Waals surface area contributed by atoms with Crippen molar-refractivity contribution in [2.45, 2.75) is 12.8 Å². The Bertz CT molecular complexity index is 135. The second-order valence-electron chi connectivity index (χ2n) is 3.68. The first-order valence-electron chi connectivity index (χ1n) is 4.20. The van der Waals surface area contributed by atoms with Gasteiger partial charge in [-0.25, -0.2) is 0 Å². The molecule has 0 spiro atoms. The normalized spacial score (nSPS) is 40.1. The molecule has 1 saturated heterocycles. The Labute approximate surface area is 62.7 Å². The van der Waals surface area contributed by atoms with Gasteiger partial charge in [0.1, 0.15) is 0 Å². The summed E-state index contributed by atoms with van der Waals surface area (Å²) >= 11 is 0. The van der Waals surface area contributed by atoms with E-state index in [0.717, 1.165) is 11.8 Å². The van der Waals surface area contributed by atoms with Crippen molar-refractivity contribution in [1.82, 2.24) is 4.90 Å². The average molecular weight is 137 g/mol. The molecule has 0 bridgehead atoms. The first-order valence-corrected chi connectivity index (χ1v) is 4.20. The number of hydrogen-bond donors (Lipinski definition) is 0. The van der Waals surface area contributed by atoms with Gasteiger partial charge in [-0.15, -0.1) is 0 Å². The number of rotatable bonds is 0. The van der Waals surface area contributed by atoms with Gasteiger partial charge in [-0.2, -0.15) is 0 Å². The average Bonchev–Trinajstić information content (AvgIpc) is 2.27. The minimum Gasteiger partial charge on any atom is -0.306 e. The number of hydrogen-bond acceptors (Lipinski definition) is 1. The molecule has 0 aromatic carbocycles. The molecule has 0 radical (unpaired) electrons. The Balaban J connectivity index is 2.05. The summed E-state index contributed by atoms with van der Waals surface area (Å²) in [5.41, 5.74) is 0. The predicted molar refractivity (Wildman–Crippen MR) is 42.9 cm³/mol. The SMILES string of the molecule is CN1C[C@H]2CC=CC[C@H]2C1. The van der Waals surface area contributed by atoms with Crippen LogP contribution in [-0.4, -0.2) is 25.0 Å². The van der Waals surface area contributed by atoms with Crippen LogP contribution in [0.4, 0.5) is 0 Å². The van der Waals surface area contributed by atoms with Crippen molar-refractivity contribution in [3.05, 3.63) is 12.2 Å². The van der Waals surface area contributed by atoms with E-state index in [1.54, 1.807) is 0 Å². The van der Waals surface area contributed by atoms with Crippen LogP contribution < -0.4 is 0 Å². The van der Waals surface area contributed by atoms with Crippen LogP contribution in [0.5, 0.6) is 0 Å². The van der Waals surface area contributed by atoms with E-state index in [9.17, 15) is 0 Å². The summed E-state index contributed by atoms with van der Waals surface area (Å²) in [5, 5.41) is 0. The molecule has 10 heavy (non-hydrogen) atoms. The first-order chi connectivity index (χ1) is 4.86. The summed E-state index contributed by atoms with van der Waals surface area (Å²) in [6.07, 6.45) is 7.35. The van der Waals surface area contributed by atoms with Crippen LogP contribution in [0.1, 0.15) is 12.8 Å². The number of nitrogens with zero attached hydrogens (tertiary/aromatic N) is 1. The Hall–Kier alpha value is -0.300. The topological polar surface area (TPSA) is 3.24 Å². The maximum absolute atomic E-state index is 2.46. The Kier molecular flexibility index (Phi) is 1.53. The standard InChI is InChI=1S/C9H15N/c1-10-6-8-4-2-3-5-9(8)7-10/h2-3,8-9H,4-7H2,1H3/t8-,9+. The second kappa shape index (κ2) is 2.39. The number of allylic oxidation sites excluding steroid dienone is 2. The second-order valence-corrected chi connectivity index (χ2v) is 3.68. The molecule has 1 nitrogen and oxygen atoms in total. The van der Waals surface area contributed by atoms with Crippen molar-refractivity contribution >= 4 is 0 Å². The predicted octanol–water partition coefficient (Wildman–Crippen LogP) is 1.51. The van der Waals surface area contributed by atoms with Crippen LogP contribution in [0, 0.1) is 11.8 Å². The van der Waals surface area contributed by atoms with Gasteiger partial charge in [0.25, 0.3) is 0 Å². The molecule has 0 unspecified atom stereocenters. The van der Waals surface area contributed by atoms with Crippen LogP contribution in [0.2, 0.25) is 0 Å². The molecule has 1 aliphatic carbocycles. The molecule has 2 rings (SSSR count). The number of fused-ring (bicyclic) bond motifs is 1. The summed E-state index contributed by atoms with van der Waals surface area (Å²) in [6.45, 7) is 2.66. The highest BCUT2D eigenvalue weighted by molar-refractivity contribution is 4.98. The van der Waals surface area contributed by atoms with E-state index < -0.39 is 0 Å². The van der Waals surface area contributed by atoms with Gasteiger partial charge >= 0.3 is 0 Å². The van der Waals surface area contributed by atoms with Gasteiger partial charge < -0.3 is 4.90 Å². The molecule has 0 N–H and O–H groups in total. The van der Waals surface area contributed by atoms with Crippen molar-refractivity contribution in [2.24, 2.45) is 11.8 Å². The van der Waals surface area contributed by atoms with Crippen LogP contribution in [-0.2, 0) is 0 Å². The minimum atomic E-state index is 0.981. The molecule has 0 amide bonds. The molecule has 1 fully saturated rings. The van der Waals surface area contributed by atoms with E-state index in [1.165, 1.54) is 25.9 Å². The van der Waals surface area contributed by atoms with Gasteiger partial charge in [-0.3, -0.25) is 0 Å². The van der Waals surface area contributed by atoms with Gasteiger partial charge in [0, 0.05) is 13.1 Å². The van der Waals surface area contributed by atoms with Gasteiger partial charge in [0.2, 0.25) is 0 Å². The maximum atomic E-state index is 2.46. The van der Waals surface area contributed by atoms with Crippen LogP contribution in [0.25, 0.3) is 0 Å². The molecule has 0 aromatic heterocycles. The zero-order valence-corrected chi connectivity index (χ0v) is 6.59. The quantitative estimate of drug-likeness (QED) is 0.457. The highest BCUT2D eigenvalue weighted by atomic mass is 15.1. The zero-order valence-electron chi connectivity index (χ0n) is 6.59. The van der Waals surface area contributed by atoms with Crippen molar-refractivity contribution in [3.8, 4) is 0 Å². The summed E-state index contributed by atoms with van der Waals surface area (Å²) in [4.78, 5) is 2.46. The van der Waals surface area contributed by atoms with E-state index in [1.807, 2.05) is 0 Å². The fourth-order valence-electron chi connectivity index (χ4n) is 2.25. The molecular weight excluding hydrogens is 122 g/mol. The molecule has 2 atom stereocenters. The Morgan fingerprint density at radius 2 is 1.60 bits per heavy atom. The zero-order chi connectivity index (χ0) is 6.97. The van der Waals surface area contributed by atoms with Gasteiger partial charge in [0.05, 0.1) is 0 Å². The lowest BCUT2D eigenvalue weighted by atomic mass is 9.86. The van der Waals surface area contributed by atoms with Crippen molar-refractivity contribution in [3.63, 3.8) is 0 Å². The fraction of sp³-hybridized carbons (Fsp3) is 0.778. The summed E-state index contributed by atoms with van der Waals surface area (Å²) < 4.78 is 0. The van der Waals surface area contributed by atoms with Crippen molar-refractivity contribution in [2.75, 3.05) is 20.1 Å². The molecule has 1 heteroatoms. The maximum Gasteiger partial charge on any atom is 0.00129 e. The molecule has 2 aliphatic rings. The van der Waals surface area contributed by atoms with E-state index in [0.29, 0.717) is 0 Å². The van der Waals surface area contributed by atoms with Gasteiger partial charge in [-0.1, -0.05) is 12.2 Å². The lowest BCUT2D eigenvalue weighted by Gasteiger charge is -2.18. The van der Waals surface area contributed by atoms with E-state index in [4.69, 9.17) is 0 Å². The molecule has 1 aliphatic heterocycles. The Morgan fingerprint density at radius 1 is 1.10 bits per heavy atom. The first kappa shape index (κ1) is 6.41. The van der Waals surface area contributed by atoms with Crippen LogP contribution in [0.15, 0.2) is 12.2 Å². The van der Waals surface area contributed by atoms with E-state index >= 15 is 0 Å². The monoisotopic (exact) mass is 137 g/mol. The fourth-order valence-corrected chi connectivity index (χ4v) is 2.25. The third-order valence-electron chi connectivity index (χ3n) is 2.80. The highest BCUT2D eigenvalue weighted by Crippen LogP contribution is 2.31. The third kappa shape index (κ3) is 0.988. The molecular formula is C9H15N. The third-order valence-corrected chi connectivity index (χ3v) is 2.80. The van der Waals surface area contributed by atoms with Crippen molar-refractivity contribution < 1.29 is 0 Å². The lowest BCUT2D eigenvalue weighted by Crippen LogP contribution is -2.13. The summed E-state index contributed by atoms with van der Waals surface area (Å²) in [7, 11) is 2.23. The summed E-state index contributed by atoms with van der Waals surface area (Å²) in [5.74, 6) is 1.96. The largest absolute Gasteiger partial charge is 0.306 e. The van der Waals surface area contributed by atoms with E-state index in [2.05, 4.69) is 24.1 Å². The minimum absolute atomic E-state index is 0.981. The lowest BCUT2D eigenvalue weighted by molar-refractivity contribution is 0.395. The van der Waals surface area contributed by atoms with Crippen LogP contribution in [0.3, 0.4) is 0 Å². The highest BCUT2D eigenvalue weighted by Gasteiger charge is 2.30. The van der Waals surface area contributed by atoms with Crippen LogP contribution >= 0.6 is 0 Å². The van der Waals surface area contributed by atoms with Gasteiger partial charge in [0.15, 0.2) is 0 Å². The number of likely N-dealkylation sites (tertiary alicyclic amines) is 1. The Morgan fingerprint density at radius 3 is 2.10 bits per heavy atom. The molecule has 1 heterocycles.